The van der Waals surface area contributed by atoms with Crippen LogP contribution in [0.5, 0.6) is 0 Å². The van der Waals surface area contributed by atoms with Gasteiger partial charge in [0.2, 0.25) is 5.91 Å². The normalized spacial score (nSPS) is 22.3. The summed E-state index contributed by atoms with van der Waals surface area (Å²) in [4.78, 5) is 31.5. The number of ether oxygens (including phenoxy) is 2. The van der Waals surface area contributed by atoms with Crippen molar-refractivity contribution in [2.45, 2.75) is 25.1 Å². The van der Waals surface area contributed by atoms with Crippen LogP contribution < -0.4 is 0 Å². The van der Waals surface area contributed by atoms with Crippen molar-refractivity contribution in [3.05, 3.63) is 53.2 Å². The summed E-state index contributed by atoms with van der Waals surface area (Å²) < 4.78 is 10.3. The molecule has 7 heteroatoms. The number of thioether (sulfide) groups is 1. The van der Waals surface area contributed by atoms with Gasteiger partial charge in [0.25, 0.3) is 0 Å². The predicted molar refractivity (Wildman–Crippen MR) is 106 cm³/mol. The molecule has 0 spiro atoms. The molecule has 6 nitrogen and oxygen atoms in total. The zero-order valence-electron chi connectivity index (χ0n) is 15.5. The molecule has 1 aromatic carbocycles. The number of esters is 1. The molecule has 0 radical (unpaired) electrons. The molecule has 0 saturated carbocycles. The first-order chi connectivity index (χ1) is 13.0. The molecule has 0 unspecified atom stereocenters. The SMILES string of the molecule is COCCOC(=O)C1=C(C)N=C2S[C@@H](C)C(=O)N2[C@@H]1/C=C/c1ccccc1. The van der Waals surface area contributed by atoms with E-state index in [1.807, 2.05) is 49.4 Å². The first kappa shape index (κ1) is 19.4. The van der Waals surface area contributed by atoms with Crippen molar-refractivity contribution in [2.24, 2.45) is 4.99 Å². The summed E-state index contributed by atoms with van der Waals surface area (Å²) in [6.07, 6.45) is 3.77. The van der Waals surface area contributed by atoms with Gasteiger partial charge in [0.15, 0.2) is 5.17 Å². The van der Waals surface area contributed by atoms with Crippen LogP contribution in [0.25, 0.3) is 6.08 Å². The van der Waals surface area contributed by atoms with Gasteiger partial charge < -0.3 is 9.47 Å². The monoisotopic (exact) mass is 386 g/mol. The van der Waals surface area contributed by atoms with Gasteiger partial charge in [-0.25, -0.2) is 9.79 Å². The lowest BCUT2D eigenvalue weighted by Gasteiger charge is -2.30. The van der Waals surface area contributed by atoms with Gasteiger partial charge in [-0.2, -0.15) is 0 Å². The second-order valence-corrected chi connectivity index (χ2v) is 7.51. The number of benzene rings is 1. The Morgan fingerprint density at radius 3 is 2.74 bits per heavy atom. The van der Waals surface area contributed by atoms with Crippen LogP contribution in [0.4, 0.5) is 0 Å². The van der Waals surface area contributed by atoms with Gasteiger partial charge >= 0.3 is 5.97 Å². The maximum Gasteiger partial charge on any atom is 0.338 e. The third kappa shape index (κ3) is 4.14. The number of methoxy groups -OCH3 is 1. The lowest BCUT2D eigenvalue weighted by molar-refractivity contribution is -0.141. The molecule has 1 amide bonds. The lowest BCUT2D eigenvalue weighted by Crippen LogP contribution is -2.45. The number of allylic oxidation sites excluding steroid dienone is 1. The van der Waals surface area contributed by atoms with Crippen molar-refractivity contribution in [3.63, 3.8) is 0 Å². The number of carbonyl (C=O) groups is 2. The Morgan fingerprint density at radius 1 is 1.30 bits per heavy atom. The maximum absolute atomic E-state index is 12.7. The van der Waals surface area contributed by atoms with E-state index in [0.29, 0.717) is 23.0 Å². The van der Waals surface area contributed by atoms with Crippen molar-refractivity contribution >= 4 is 34.9 Å². The fourth-order valence-electron chi connectivity index (χ4n) is 2.95. The Bertz CT molecular complexity index is 817. The fourth-order valence-corrected chi connectivity index (χ4v) is 3.99. The number of amidine groups is 1. The summed E-state index contributed by atoms with van der Waals surface area (Å²) in [6.45, 7) is 4.08. The van der Waals surface area contributed by atoms with Gasteiger partial charge in [-0.05, 0) is 19.4 Å². The minimum absolute atomic E-state index is 0.0591. The molecule has 1 saturated heterocycles. The van der Waals surface area contributed by atoms with Crippen LogP contribution in [0.15, 0.2) is 52.7 Å². The van der Waals surface area contributed by atoms with E-state index in [9.17, 15) is 9.59 Å². The van der Waals surface area contributed by atoms with Gasteiger partial charge in [-0.15, -0.1) is 0 Å². The maximum atomic E-state index is 12.7. The Hall–Kier alpha value is -2.38. The average molecular weight is 386 g/mol. The van der Waals surface area contributed by atoms with Crippen LogP contribution in [0.2, 0.25) is 0 Å². The van der Waals surface area contributed by atoms with Crippen molar-refractivity contribution in [2.75, 3.05) is 20.3 Å². The van der Waals surface area contributed by atoms with E-state index in [0.717, 1.165) is 5.56 Å². The van der Waals surface area contributed by atoms with E-state index < -0.39 is 12.0 Å². The number of rotatable bonds is 6. The summed E-state index contributed by atoms with van der Waals surface area (Å²) >= 11 is 1.41. The molecular formula is C20H22N2O4S. The molecule has 3 rings (SSSR count). The fraction of sp³-hybridized carbons (Fsp3) is 0.350. The van der Waals surface area contributed by atoms with Gasteiger partial charge in [0.05, 0.1) is 29.2 Å². The summed E-state index contributed by atoms with van der Waals surface area (Å²) in [6, 6.07) is 9.20. The predicted octanol–water partition coefficient (Wildman–Crippen LogP) is 2.87. The molecule has 2 atom stereocenters. The number of amides is 1. The molecule has 0 aliphatic carbocycles. The third-order valence-electron chi connectivity index (χ3n) is 4.31. The second kappa shape index (κ2) is 8.54. The Labute approximate surface area is 162 Å². The molecule has 1 fully saturated rings. The minimum atomic E-state index is -0.544. The number of aliphatic imine (C=N–C) groups is 1. The van der Waals surface area contributed by atoms with E-state index in [1.165, 1.54) is 11.8 Å². The van der Waals surface area contributed by atoms with Crippen molar-refractivity contribution in [1.29, 1.82) is 0 Å². The van der Waals surface area contributed by atoms with Crippen LogP contribution in [0.1, 0.15) is 19.4 Å². The Kier molecular flexibility index (Phi) is 6.13. The summed E-state index contributed by atoms with van der Waals surface area (Å²) in [7, 11) is 1.54. The van der Waals surface area contributed by atoms with Gasteiger partial charge in [-0.3, -0.25) is 9.69 Å². The number of hydrogen-bond donors (Lipinski definition) is 0. The number of hydrogen-bond acceptors (Lipinski definition) is 6. The van der Waals surface area contributed by atoms with Crippen LogP contribution >= 0.6 is 11.8 Å². The Balaban J connectivity index is 1.95. The van der Waals surface area contributed by atoms with E-state index >= 15 is 0 Å². The molecule has 2 aliphatic heterocycles. The average Bonchev–Trinajstić information content (AvgIpc) is 2.94. The quantitative estimate of drug-likeness (QED) is 0.555. The molecular weight excluding hydrogens is 364 g/mol. The highest BCUT2D eigenvalue weighted by Gasteiger charge is 2.44. The highest BCUT2D eigenvalue weighted by Crippen LogP contribution is 2.36. The van der Waals surface area contributed by atoms with Crippen LogP contribution in [0, 0.1) is 0 Å². The van der Waals surface area contributed by atoms with Gasteiger partial charge in [0, 0.05) is 7.11 Å². The zero-order valence-corrected chi connectivity index (χ0v) is 16.4. The number of nitrogens with zero attached hydrogens (tertiary/aromatic N) is 2. The highest BCUT2D eigenvalue weighted by molar-refractivity contribution is 8.15. The number of fused-ring (bicyclic) bond motifs is 1. The largest absolute Gasteiger partial charge is 0.460 e. The van der Waals surface area contributed by atoms with Crippen molar-refractivity contribution < 1.29 is 19.1 Å². The first-order valence-electron chi connectivity index (χ1n) is 8.71. The minimum Gasteiger partial charge on any atom is -0.460 e. The van der Waals surface area contributed by atoms with Crippen LogP contribution in [-0.4, -0.2) is 53.6 Å². The summed E-state index contributed by atoms with van der Waals surface area (Å²) in [5, 5.41) is 0.397. The van der Waals surface area contributed by atoms with Gasteiger partial charge in [-0.1, -0.05) is 54.2 Å². The molecule has 2 aliphatic rings. The molecule has 142 valence electrons. The number of carbonyl (C=O) groups excluding carboxylic acids is 2. The van der Waals surface area contributed by atoms with E-state index in [-0.39, 0.29) is 17.8 Å². The molecule has 0 aromatic heterocycles. The smallest absolute Gasteiger partial charge is 0.338 e. The lowest BCUT2D eigenvalue weighted by atomic mass is 10.00. The first-order valence-corrected chi connectivity index (χ1v) is 9.59. The van der Waals surface area contributed by atoms with Crippen molar-refractivity contribution in [1.82, 2.24) is 4.90 Å². The van der Waals surface area contributed by atoms with Gasteiger partial charge in [0.1, 0.15) is 6.61 Å². The molecule has 2 heterocycles. The van der Waals surface area contributed by atoms with Crippen LogP contribution in [-0.2, 0) is 19.1 Å². The highest BCUT2D eigenvalue weighted by atomic mass is 32.2. The summed E-state index contributed by atoms with van der Waals surface area (Å²) in [5.41, 5.74) is 1.93. The van der Waals surface area contributed by atoms with E-state index in [4.69, 9.17) is 9.47 Å². The molecule has 0 N–H and O–H groups in total. The zero-order chi connectivity index (χ0) is 19.4. The summed E-state index contributed by atoms with van der Waals surface area (Å²) in [5.74, 6) is -0.538. The standard InChI is InChI=1S/C20H22N2O4S/c1-13-17(19(24)26-12-11-25-3)16(10-9-15-7-5-4-6-8-15)22-18(23)14(2)27-20(22)21-13/h4-10,14,16H,11-12H2,1-3H3/b10-9+/t14-,16+/m0/s1. The Morgan fingerprint density at radius 2 is 2.04 bits per heavy atom. The van der Waals surface area contributed by atoms with Crippen molar-refractivity contribution in [3.8, 4) is 0 Å². The topological polar surface area (TPSA) is 68.2 Å². The molecule has 0 bridgehead atoms. The van der Waals surface area contributed by atoms with E-state index in [1.54, 1.807) is 18.9 Å². The third-order valence-corrected chi connectivity index (χ3v) is 5.37. The van der Waals surface area contributed by atoms with Crippen LogP contribution in [0.3, 0.4) is 0 Å². The van der Waals surface area contributed by atoms with E-state index in [2.05, 4.69) is 4.99 Å². The second-order valence-electron chi connectivity index (χ2n) is 6.21. The molecule has 1 aromatic rings. The molecule has 27 heavy (non-hydrogen) atoms.